The van der Waals surface area contributed by atoms with Gasteiger partial charge in [0.2, 0.25) is 0 Å². The summed E-state index contributed by atoms with van der Waals surface area (Å²) < 4.78 is 5.04. The normalized spacial score (nSPS) is 10.4. The van der Waals surface area contributed by atoms with Crippen LogP contribution in [0.2, 0.25) is 15.1 Å². The minimum Gasteiger partial charge on any atom is -0.494 e. The second kappa shape index (κ2) is 7.70. The number of halogens is 3. The number of amides is 1. The molecule has 1 amide bonds. The molecule has 0 spiro atoms. The fourth-order valence-electron chi connectivity index (χ4n) is 1.79. The summed E-state index contributed by atoms with van der Waals surface area (Å²) in [5.74, 6) is -0.00516. The van der Waals surface area contributed by atoms with E-state index in [1.165, 1.54) is 19.2 Å². The first-order chi connectivity index (χ1) is 10.5. The second-order valence-electron chi connectivity index (χ2n) is 4.41. The van der Waals surface area contributed by atoms with Gasteiger partial charge < -0.3 is 4.74 Å². The van der Waals surface area contributed by atoms with E-state index < -0.39 is 0 Å². The highest BCUT2D eigenvalue weighted by Crippen LogP contribution is 2.33. The first-order valence-corrected chi connectivity index (χ1v) is 7.45. The van der Waals surface area contributed by atoms with Crippen molar-refractivity contribution < 1.29 is 9.53 Å². The third-order valence-corrected chi connectivity index (χ3v) is 3.69. The lowest BCUT2D eigenvalue weighted by atomic mass is 10.2. The molecule has 22 heavy (non-hydrogen) atoms. The van der Waals surface area contributed by atoms with Crippen LogP contribution < -0.4 is 15.6 Å². The molecule has 2 N–H and O–H groups in total. The Morgan fingerprint density at radius 1 is 1.09 bits per heavy atom. The molecule has 0 unspecified atom stereocenters. The quantitative estimate of drug-likeness (QED) is 0.791. The fourth-order valence-corrected chi connectivity index (χ4v) is 2.55. The van der Waals surface area contributed by atoms with Crippen molar-refractivity contribution in [3.63, 3.8) is 0 Å². The Bertz CT molecular complexity index is 652. The highest BCUT2D eigenvalue weighted by molar-refractivity contribution is 6.37. The van der Waals surface area contributed by atoms with Crippen molar-refractivity contribution in [1.29, 1.82) is 0 Å². The van der Waals surface area contributed by atoms with Crippen molar-refractivity contribution in [3.8, 4) is 5.75 Å². The molecule has 0 aliphatic carbocycles. The van der Waals surface area contributed by atoms with E-state index >= 15 is 0 Å². The summed E-state index contributed by atoms with van der Waals surface area (Å²) >= 11 is 17.8. The van der Waals surface area contributed by atoms with E-state index in [0.717, 1.165) is 5.56 Å². The first kappa shape index (κ1) is 16.9. The Labute approximate surface area is 143 Å². The van der Waals surface area contributed by atoms with Crippen molar-refractivity contribution in [2.45, 2.75) is 6.54 Å². The van der Waals surface area contributed by atoms with Crippen molar-refractivity contribution in [1.82, 2.24) is 10.9 Å². The second-order valence-corrected chi connectivity index (χ2v) is 5.66. The van der Waals surface area contributed by atoms with Crippen molar-refractivity contribution in [2.24, 2.45) is 0 Å². The number of benzene rings is 2. The summed E-state index contributed by atoms with van der Waals surface area (Å²) in [6.07, 6.45) is 0. The van der Waals surface area contributed by atoms with Crippen LogP contribution >= 0.6 is 34.8 Å². The van der Waals surface area contributed by atoms with Crippen molar-refractivity contribution in [3.05, 3.63) is 62.6 Å². The topological polar surface area (TPSA) is 50.4 Å². The van der Waals surface area contributed by atoms with E-state index in [2.05, 4.69) is 10.9 Å². The summed E-state index contributed by atoms with van der Waals surface area (Å²) in [5, 5.41) is 1.21. The van der Waals surface area contributed by atoms with Crippen molar-refractivity contribution >= 4 is 40.7 Å². The molecule has 0 aromatic heterocycles. The monoisotopic (exact) mass is 358 g/mol. The number of nitrogens with one attached hydrogen (secondary N) is 2. The zero-order valence-corrected chi connectivity index (χ0v) is 13.9. The maximum absolute atomic E-state index is 12.0. The van der Waals surface area contributed by atoms with Crippen LogP contribution in [0, 0.1) is 0 Å². The zero-order valence-electron chi connectivity index (χ0n) is 11.6. The van der Waals surface area contributed by atoms with Crippen LogP contribution in [0.25, 0.3) is 0 Å². The first-order valence-electron chi connectivity index (χ1n) is 6.32. The van der Waals surface area contributed by atoms with Gasteiger partial charge >= 0.3 is 0 Å². The van der Waals surface area contributed by atoms with Gasteiger partial charge in [0.25, 0.3) is 5.91 Å². The van der Waals surface area contributed by atoms with E-state index in [4.69, 9.17) is 39.5 Å². The number of hydrogen-bond acceptors (Lipinski definition) is 3. The van der Waals surface area contributed by atoms with Gasteiger partial charge in [-0.25, -0.2) is 5.43 Å². The number of hydrogen-bond donors (Lipinski definition) is 2. The van der Waals surface area contributed by atoms with Crippen LogP contribution in [0.5, 0.6) is 5.75 Å². The van der Waals surface area contributed by atoms with E-state index in [9.17, 15) is 4.79 Å². The minimum absolute atomic E-state index is 0.276. The SMILES string of the molecule is COc1c(Cl)cc(C(=O)NNCc2ccc(Cl)cc2)cc1Cl. The fraction of sp³-hybridized carbons (Fsp3) is 0.133. The van der Waals surface area contributed by atoms with Gasteiger partial charge in [-0.05, 0) is 29.8 Å². The van der Waals surface area contributed by atoms with Gasteiger partial charge in [-0.15, -0.1) is 0 Å². The third-order valence-electron chi connectivity index (χ3n) is 2.87. The molecule has 0 radical (unpaired) electrons. The minimum atomic E-state index is -0.347. The van der Waals surface area contributed by atoms with E-state index in [0.29, 0.717) is 22.9 Å². The molecular formula is C15H13Cl3N2O2. The maximum atomic E-state index is 12.0. The predicted molar refractivity (Wildman–Crippen MR) is 88.8 cm³/mol. The van der Waals surface area contributed by atoms with Gasteiger partial charge in [0.1, 0.15) is 0 Å². The molecule has 0 saturated carbocycles. The Hall–Kier alpha value is -1.46. The summed E-state index contributed by atoms with van der Waals surface area (Å²) in [6.45, 7) is 0.459. The Balaban J connectivity index is 1.96. The van der Waals surface area contributed by atoms with Crippen molar-refractivity contribution in [2.75, 3.05) is 7.11 Å². The van der Waals surface area contributed by atoms with Gasteiger partial charge in [0, 0.05) is 17.1 Å². The number of methoxy groups -OCH3 is 1. The van der Waals surface area contributed by atoms with E-state index in [1.807, 2.05) is 12.1 Å². The molecule has 0 atom stereocenters. The summed E-state index contributed by atoms with van der Waals surface area (Å²) in [7, 11) is 1.46. The number of carbonyl (C=O) groups excluding carboxylic acids is 1. The predicted octanol–water partition coefficient (Wildman–Crippen LogP) is 4.09. The molecular weight excluding hydrogens is 347 g/mol. The van der Waals surface area contributed by atoms with Crippen LogP contribution in [-0.2, 0) is 6.54 Å². The molecule has 0 bridgehead atoms. The molecule has 116 valence electrons. The number of rotatable bonds is 5. The lowest BCUT2D eigenvalue weighted by molar-refractivity contribution is 0.0932. The third kappa shape index (κ3) is 4.27. The molecule has 2 aromatic carbocycles. The number of ether oxygens (including phenoxy) is 1. The van der Waals surface area contributed by atoms with Gasteiger partial charge in [-0.3, -0.25) is 10.2 Å². The highest BCUT2D eigenvalue weighted by Gasteiger charge is 2.13. The molecule has 7 heteroatoms. The average Bonchev–Trinajstić information content (AvgIpc) is 2.49. The van der Waals surface area contributed by atoms with Crippen LogP contribution in [-0.4, -0.2) is 13.0 Å². The van der Waals surface area contributed by atoms with Gasteiger partial charge in [-0.2, -0.15) is 0 Å². The molecule has 2 aromatic rings. The van der Waals surface area contributed by atoms with Gasteiger partial charge in [0.05, 0.1) is 17.2 Å². The van der Waals surface area contributed by atoms with Crippen LogP contribution in [0.4, 0.5) is 0 Å². The van der Waals surface area contributed by atoms with Crippen LogP contribution in [0.1, 0.15) is 15.9 Å². The molecule has 0 aliphatic rings. The summed E-state index contributed by atoms with van der Waals surface area (Å²) in [5.41, 5.74) is 6.72. The van der Waals surface area contributed by atoms with E-state index in [-0.39, 0.29) is 16.0 Å². The standard InChI is InChI=1S/C15H13Cl3N2O2/c1-22-14-12(17)6-10(7-13(14)18)15(21)20-19-8-9-2-4-11(16)5-3-9/h2-7,19H,8H2,1H3,(H,20,21). The van der Waals surface area contributed by atoms with Crippen LogP contribution in [0.3, 0.4) is 0 Å². The van der Waals surface area contributed by atoms with Gasteiger partial charge in [0.15, 0.2) is 5.75 Å². The van der Waals surface area contributed by atoms with E-state index in [1.54, 1.807) is 12.1 Å². The zero-order chi connectivity index (χ0) is 16.1. The highest BCUT2D eigenvalue weighted by atomic mass is 35.5. The average molecular weight is 360 g/mol. The molecule has 0 saturated heterocycles. The Morgan fingerprint density at radius 2 is 1.68 bits per heavy atom. The lowest BCUT2D eigenvalue weighted by Crippen LogP contribution is -2.36. The Morgan fingerprint density at radius 3 is 2.23 bits per heavy atom. The summed E-state index contributed by atoms with van der Waals surface area (Å²) in [4.78, 5) is 12.0. The van der Waals surface area contributed by atoms with Crippen LogP contribution in [0.15, 0.2) is 36.4 Å². The molecule has 0 heterocycles. The molecule has 4 nitrogen and oxygen atoms in total. The molecule has 0 aliphatic heterocycles. The summed E-state index contributed by atoms with van der Waals surface area (Å²) in [6, 6.07) is 10.3. The molecule has 0 fully saturated rings. The lowest BCUT2D eigenvalue weighted by Gasteiger charge is -2.10. The maximum Gasteiger partial charge on any atom is 0.265 e. The largest absolute Gasteiger partial charge is 0.494 e. The number of carbonyl (C=O) groups is 1. The number of hydrazine groups is 1. The smallest absolute Gasteiger partial charge is 0.265 e. The Kier molecular flexibility index (Phi) is 5.91. The van der Waals surface area contributed by atoms with Gasteiger partial charge in [-0.1, -0.05) is 46.9 Å². The molecule has 2 rings (SSSR count).